The van der Waals surface area contributed by atoms with Crippen molar-refractivity contribution in [3.8, 4) is 11.5 Å². The highest BCUT2D eigenvalue weighted by Gasteiger charge is 2.21. The maximum absolute atomic E-state index is 9.79. The van der Waals surface area contributed by atoms with E-state index >= 15 is 0 Å². The fourth-order valence-corrected chi connectivity index (χ4v) is 1.96. The summed E-state index contributed by atoms with van der Waals surface area (Å²) in [6, 6.07) is 5.64. The zero-order chi connectivity index (χ0) is 13.1. The van der Waals surface area contributed by atoms with Gasteiger partial charge in [-0.05, 0) is 30.9 Å². The van der Waals surface area contributed by atoms with Crippen molar-refractivity contribution in [3.63, 3.8) is 0 Å². The van der Waals surface area contributed by atoms with Crippen molar-refractivity contribution in [2.24, 2.45) is 5.92 Å². The molecule has 104 valence electrons. The molecule has 5 heteroatoms. The highest BCUT2D eigenvalue weighted by Crippen LogP contribution is 2.34. The molecule has 3 rings (SSSR count). The number of rotatable bonds is 7. The lowest BCUT2D eigenvalue weighted by Gasteiger charge is -2.13. The van der Waals surface area contributed by atoms with Crippen molar-refractivity contribution in [2.75, 3.05) is 31.9 Å². The predicted octanol–water partition coefficient (Wildman–Crippen LogP) is 1.61. The molecule has 1 saturated carbocycles. The van der Waals surface area contributed by atoms with E-state index in [2.05, 4.69) is 5.32 Å². The maximum Gasteiger partial charge on any atom is 0.231 e. The van der Waals surface area contributed by atoms with E-state index in [0.29, 0.717) is 13.2 Å². The Morgan fingerprint density at radius 3 is 3.00 bits per heavy atom. The first-order valence-corrected chi connectivity index (χ1v) is 6.70. The van der Waals surface area contributed by atoms with Gasteiger partial charge >= 0.3 is 0 Å². The van der Waals surface area contributed by atoms with Crippen LogP contribution in [0, 0.1) is 5.92 Å². The van der Waals surface area contributed by atoms with Gasteiger partial charge in [-0.25, -0.2) is 0 Å². The van der Waals surface area contributed by atoms with Gasteiger partial charge < -0.3 is 24.6 Å². The summed E-state index contributed by atoms with van der Waals surface area (Å²) in [5.41, 5.74) is 0.908. The summed E-state index contributed by atoms with van der Waals surface area (Å²) in [7, 11) is 0. The number of anilines is 1. The number of aliphatic hydroxyl groups excluding tert-OH is 1. The summed E-state index contributed by atoms with van der Waals surface area (Å²) < 4.78 is 16.0. The summed E-state index contributed by atoms with van der Waals surface area (Å²) in [5, 5.41) is 13.0. The van der Waals surface area contributed by atoms with Crippen LogP contribution in [-0.2, 0) is 4.74 Å². The van der Waals surface area contributed by atoms with Gasteiger partial charge in [0, 0.05) is 24.9 Å². The van der Waals surface area contributed by atoms with Gasteiger partial charge in [0.25, 0.3) is 0 Å². The molecule has 19 heavy (non-hydrogen) atoms. The van der Waals surface area contributed by atoms with Crippen LogP contribution in [0.15, 0.2) is 18.2 Å². The fraction of sp³-hybridized carbons (Fsp3) is 0.571. The Kier molecular flexibility index (Phi) is 3.75. The molecule has 1 aliphatic carbocycles. The summed E-state index contributed by atoms with van der Waals surface area (Å²) >= 11 is 0. The molecule has 1 fully saturated rings. The van der Waals surface area contributed by atoms with Gasteiger partial charge in [-0.2, -0.15) is 0 Å². The third kappa shape index (κ3) is 3.52. The minimum atomic E-state index is -0.496. The van der Waals surface area contributed by atoms with E-state index in [1.807, 2.05) is 18.2 Å². The van der Waals surface area contributed by atoms with Crippen LogP contribution >= 0.6 is 0 Å². The van der Waals surface area contributed by atoms with Crippen molar-refractivity contribution in [1.29, 1.82) is 0 Å². The molecule has 5 nitrogen and oxygen atoms in total. The second kappa shape index (κ2) is 5.67. The van der Waals surface area contributed by atoms with Crippen LogP contribution in [0.2, 0.25) is 0 Å². The number of ether oxygens (including phenoxy) is 3. The van der Waals surface area contributed by atoms with Gasteiger partial charge in [-0.1, -0.05) is 0 Å². The van der Waals surface area contributed by atoms with Crippen LogP contribution in [0.1, 0.15) is 12.8 Å². The zero-order valence-electron chi connectivity index (χ0n) is 10.8. The molecule has 0 spiro atoms. The minimum absolute atomic E-state index is 0.274. The smallest absolute Gasteiger partial charge is 0.231 e. The first-order valence-electron chi connectivity index (χ1n) is 6.70. The van der Waals surface area contributed by atoms with Crippen LogP contribution < -0.4 is 14.8 Å². The van der Waals surface area contributed by atoms with Gasteiger partial charge in [0.05, 0.1) is 12.7 Å². The van der Waals surface area contributed by atoms with Crippen LogP contribution in [-0.4, -0.2) is 37.8 Å². The number of fused-ring (bicyclic) bond motifs is 1. The molecule has 0 aromatic heterocycles. The van der Waals surface area contributed by atoms with E-state index in [4.69, 9.17) is 14.2 Å². The maximum atomic E-state index is 9.79. The highest BCUT2D eigenvalue weighted by molar-refractivity contribution is 5.55. The third-order valence-corrected chi connectivity index (χ3v) is 3.28. The number of nitrogens with one attached hydrogen (secondary N) is 1. The standard InChI is InChI=1S/C14H19NO4/c16-12(8-17-7-10-1-2-10)6-15-11-3-4-13-14(5-11)19-9-18-13/h3-5,10,12,15-16H,1-2,6-9H2. The van der Waals surface area contributed by atoms with Crippen molar-refractivity contribution in [1.82, 2.24) is 0 Å². The monoisotopic (exact) mass is 265 g/mol. The topological polar surface area (TPSA) is 60.0 Å². The molecular weight excluding hydrogens is 246 g/mol. The first-order chi connectivity index (χ1) is 9.31. The van der Waals surface area contributed by atoms with Gasteiger partial charge in [-0.15, -0.1) is 0 Å². The average molecular weight is 265 g/mol. The second-order valence-corrected chi connectivity index (χ2v) is 5.08. The molecule has 1 unspecified atom stereocenters. The molecule has 1 aromatic rings. The Bertz CT molecular complexity index is 433. The van der Waals surface area contributed by atoms with Crippen molar-refractivity contribution >= 4 is 5.69 Å². The van der Waals surface area contributed by atoms with E-state index < -0.39 is 6.10 Å². The Balaban J connectivity index is 1.40. The van der Waals surface area contributed by atoms with Crippen LogP contribution in [0.3, 0.4) is 0 Å². The molecular formula is C14H19NO4. The summed E-state index contributed by atoms with van der Waals surface area (Å²) in [6.45, 7) is 1.90. The fourth-order valence-electron chi connectivity index (χ4n) is 1.96. The first kappa shape index (κ1) is 12.6. The highest BCUT2D eigenvalue weighted by atomic mass is 16.7. The number of hydrogen-bond donors (Lipinski definition) is 2. The van der Waals surface area contributed by atoms with Crippen molar-refractivity contribution < 1.29 is 19.3 Å². The summed E-state index contributed by atoms with van der Waals surface area (Å²) in [5.74, 6) is 2.23. The molecule has 0 radical (unpaired) electrons. The van der Waals surface area contributed by atoms with Crippen LogP contribution in [0.5, 0.6) is 11.5 Å². The van der Waals surface area contributed by atoms with Gasteiger partial charge in [0.15, 0.2) is 11.5 Å². The Labute approximate surface area is 112 Å². The van der Waals surface area contributed by atoms with Crippen LogP contribution in [0.25, 0.3) is 0 Å². The quantitative estimate of drug-likeness (QED) is 0.784. The van der Waals surface area contributed by atoms with Crippen LogP contribution in [0.4, 0.5) is 5.69 Å². The SMILES string of the molecule is OC(CNc1ccc2c(c1)OCO2)COCC1CC1. The molecule has 2 aliphatic rings. The Morgan fingerprint density at radius 2 is 2.16 bits per heavy atom. The normalized spacial score (nSPS) is 18.4. The second-order valence-electron chi connectivity index (χ2n) is 5.08. The molecule has 1 heterocycles. The number of aliphatic hydroxyl groups is 1. The lowest BCUT2D eigenvalue weighted by Crippen LogP contribution is -2.25. The van der Waals surface area contributed by atoms with Crippen molar-refractivity contribution in [3.05, 3.63) is 18.2 Å². The molecule has 0 bridgehead atoms. The number of benzene rings is 1. The molecule has 0 saturated heterocycles. The van der Waals surface area contributed by atoms with Gasteiger partial charge in [0.1, 0.15) is 0 Å². The molecule has 1 aliphatic heterocycles. The van der Waals surface area contributed by atoms with Gasteiger partial charge in [0.2, 0.25) is 6.79 Å². The molecule has 2 N–H and O–H groups in total. The number of hydrogen-bond acceptors (Lipinski definition) is 5. The molecule has 1 aromatic carbocycles. The lowest BCUT2D eigenvalue weighted by molar-refractivity contribution is 0.0386. The van der Waals surface area contributed by atoms with E-state index in [1.165, 1.54) is 12.8 Å². The van der Waals surface area contributed by atoms with Crippen molar-refractivity contribution in [2.45, 2.75) is 18.9 Å². The Hall–Kier alpha value is -1.46. The lowest BCUT2D eigenvalue weighted by atomic mass is 10.2. The minimum Gasteiger partial charge on any atom is -0.454 e. The molecule has 0 amide bonds. The van der Waals surface area contributed by atoms with E-state index in [-0.39, 0.29) is 6.79 Å². The summed E-state index contributed by atoms with van der Waals surface area (Å²) in [6.07, 6.45) is 2.04. The summed E-state index contributed by atoms with van der Waals surface area (Å²) in [4.78, 5) is 0. The predicted molar refractivity (Wildman–Crippen MR) is 70.6 cm³/mol. The zero-order valence-corrected chi connectivity index (χ0v) is 10.8. The Morgan fingerprint density at radius 1 is 1.32 bits per heavy atom. The van der Waals surface area contributed by atoms with E-state index in [1.54, 1.807) is 0 Å². The largest absolute Gasteiger partial charge is 0.454 e. The van der Waals surface area contributed by atoms with Gasteiger partial charge in [-0.3, -0.25) is 0 Å². The third-order valence-electron chi connectivity index (χ3n) is 3.28. The van der Waals surface area contributed by atoms with E-state index in [0.717, 1.165) is 29.7 Å². The molecule has 1 atom stereocenters. The average Bonchev–Trinajstić information content (AvgIpc) is 3.12. The van der Waals surface area contributed by atoms with E-state index in [9.17, 15) is 5.11 Å².